The van der Waals surface area contributed by atoms with Crippen molar-refractivity contribution in [2.45, 2.75) is 51.4 Å². The Labute approximate surface area is 64.0 Å². The van der Waals surface area contributed by atoms with Gasteiger partial charge >= 0.3 is 0 Å². The normalized spacial score (nSPS) is 40.8. The zero-order valence-electron chi connectivity index (χ0n) is 6.81. The fourth-order valence-corrected chi connectivity index (χ4v) is 2.56. The van der Waals surface area contributed by atoms with Crippen LogP contribution in [-0.2, 0) is 0 Å². The molecule has 0 heterocycles. The molecule has 0 radical (unpaired) electrons. The first-order valence-corrected chi connectivity index (χ1v) is 4.95. The van der Waals surface area contributed by atoms with E-state index in [4.69, 9.17) is 0 Å². The van der Waals surface area contributed by atoms with Crippen LogP contribution in [0.3, 0.4) is 0 Å². The lowest BCUT2D eigenvalue weighted by atomic mass is 9.71. The highest BCUT2D eigenvalue weighted by Gasteiger charge is 2.28. The van der Waals surface area contributed by atoms with Crippen molar-refractivity contribution in [3.63, 3.8) is 0 Å². The van der Waals surface area contributed by atoms with E-state index in [-0.39, 0.29) is 0 Å². The maximum Gasteiger partial charge on any atom is -0.0409 e. The van der Waals surface area contributed by atoms with E-state index in [0.29, 0.717) is 0 Å². The molecular formula is C10H18. The summed E-state index contributed by atoms with van der Waals surface area (Å²) in [5.74, 6) is 2.31. The highest BCUT2D eigenvalue weighted by molar-refractivity contribution is 4.80. The summed E-state index contributed by atoms with van der Waals surface area (Å²) in [7, 11) is 0. The van der Waals surface area contributed by atoms with Gasteiger partial charge in [0, 0.05) is 0 Å². The van der Waals surface area contributed by atoms with Gasteiger partial charge in [0.1, 0.15) is 0 Å². The molecule has 3 saturated carbocycles. The molecule has 0 unspecified atom stereocenters. The monoisotopic (exact) mass is 138 g/mol. The Morgan fingerprint density at radius 3 is 1.60 bits per heavy atom. The summed E-state index contributed by atoms with van der Waals surface area (Å²) in [6, 6.07) is 0. The lowest BCUT2D eigenvalue weighted by molar-refractivity contribution is 0.174. The van der Waals surface area contributed by atoms with Gasteiger partial charge in [-0.1, -0.05) is 38.5 Å². The van der Waals surface area contributed by atoms with Crippen molar-refractivity contribution in [3.8, 4) is 0 Å². The largest absolute Gasteiger partial charge is 0.0533 e. The average Bonchev–Trinajstić information content (AvgIpc) is 1.98. The van der Waals surface area contributed by atoms with Crippen molar-refractivity contribution in [2.24, 2.45) is 11.8 Å². The molecule has 0 aromatic heterocycles. The fourth-order valence-electron chi connectivity index (χ4n) is 2.56. The van der Waals surface area contributed by atoms with E-state index in [9.17, 15) is 0 Å². The molecule has 3 fully saturated rings. The summed E-state index contributed by atoms with van der Waals surface area (Å²) in [4.78, 5) is 0. The molecule has 0 heteroatoms. The van der Waals surface area contributed by atoms with Crippen molar-refractivity contribution >= 4 is 0 Å². The smallest absolute Gasteiger partial charge is 0.0409 e. The molecule has 3 aliphatic carbocycles. The van der Waals surface area contributed by atoms with Crippen LogP contribution in [0, 0.1) is 11.8 Å². The van der Waals surface area contributed by atoms with Crippen molar-refractivity contribution in [3.05, 3.63) is 0 Å². The Morgan fingerprint density at radius 1 is 0.600 bits per heavy atom. The minimum Gasteiger partial charge on any atom is -0.0533 e. The summed E-state index contributed by atoms with van der Waals surface area (Å²) >= 11 is 0. The van der Waals surface area contributed by atoms with Gasteiger partial charge in [-0.2, -0.15) is 0 Å². The van der Waals surface area contributed by atoms with Crippen LogP contribution in [0.2, 0.25) is 0 Å². The van der Waals surface area contributed by atoms with Gasteiger partial charge in [0.25, 0.3) is 0 Å². The van der Waals surface area contributed by atoms with Crippen LogP contribution in [0.4, 0.5) is 0 Å². The second-order valence-electron chi connectivity index (χ2n) is 4.20. The Morgan fingerprint density at radius 2 is 1.10 bits per heavy atom. The molecule has 3 aliphatic rings. The Kier molecular flexibility index (Phi) is 1.97. The molecule has 3 rings (SSSR count). The van der Waals surface area contributed by atoms with Gasteiger partial charge in [-0.05, 0) is 24.7 Å². The van der Waals surface area contributed by atoms with Crippen molar-refractivity contribution in [1.29, 1.82) is 0 Å². The molecule has 0 spiro atoms. The summed E-state index contributed by atoms with van der Waals surface area (Å²) in [5.41, 5.74) is 0. The maximum absolute atomic E-state index is 1.58. The number of rotatable bonds is 0. The minimum absolute atomic E-state index is 1.16. The van der Waals surface area contributed by atoms with Gasteiger partial charge in [0.05, 0.1) is 0 Å². The standard InChI is InChI=1S/C10H18/c1-2-4-6-10-7-9(8-10)5-3-1/h9-10H,1-8H2. The lowest BCUT2D eigenvalue weighted by Crippen LogP contribution is -2.22. The molecule has 0 aromatic rings. The summed E-state index contributed by atoms with van der Waals surface area (Å²) in [5, 5.41) is 0. The summed E-state index contributed by atoms with van der Waals surface area (Å²) in [6.45, 7) is 0. The summed E-state index contributed by atoms with van der Waals surface area (Å²) in [6.07, 6.45) is 12.4. The van der Waals surface area contributed by atoms with Crippen LogP contribution >= 0.6 is 0 Å². The van der Waals surface area contributed by atoms with Gasteiger partial charge in [-0.3, -0.25) is 0 Å². The first-order chi connectivity index (χ1) is 4.95. The molecule has 0 aromatic carbocycles. The molecule has 0 N–H and O–H groups in total. The van der Waals surface area contributed by atoms with Crippen LogP contribution in [0.15, 0.2) is 0 Å². The van der Waals surface area contributed by atoms with E-state index in [1.807, 2.05) is 0 Å². The minimum atomic E-state index is 1.16. The summed E-state index contributed by atoms with van der Waals surface area (Å²) < 4.78 is 0. The van der Waals surface area contributed by atoms with Gasteiger partial charge in [-0.15, -0.1) is 0 Å². The molecule has 0 amide bonds. The zero-order chi connectivity index (χ0) is 6.81. The highest BCUT2D eigenvalue weighted by atomic mass is 14.3. The Hall–Kier alpha value is 0. The van der Waals surface area contributed by atoms with Crippen LogP contribution < -0.4 is 0 Å². The molecule has 0 saturated heterocycles. The van der Waals surface area contributed by atoms with E-state index >= 15 is 0 Å². The van der Waals surface area contributed by atoms with Crippen LogP contribution in [0.5, 0.6) is 0 Å². The first kappa shape index (κ1) is 6.69. The SMILES string of the molecule is C1CCCC2CC(CC1)C2. The van der Waals surface area contributed by atoms with Crippen molar-refractivity contribution in [1.82, 2.24) is 0 Å². The molecule has 2 bridgehead atoms. The predicted octanol–water partition coefficient (Wildman–Crippen LogP) is 3.37. The van der Waals surface area contributed by atoms with E-state index in [0.717, 1.165) is 11.8 Å². The second-order valence-corrected chi connectivity index (χ2v) is 4.20. The van der Waals surface area contributed by atoms with Crippen LogP contribution in [0.1, 0.15) is 51.4 Å². The predicted molar refractivity (Wildman–Crippen MR) is 43.9 cm³/mol. The van der Waals surface area contributed by atoms with E-state index in [1.54, 1.807) is 25.7 Å². The maximum atomic E-state index is 1.58. The molecule has 0 aliphatic heterocycles. The molecule has 0 atom stereocenters. The molecule has 0 nitrogen and oxygen atoms in total. The molecule has 10 heavy (non-hydrogen) atoms. The van der Waals surface area contributed by atoms with Crippen LogP contribution in [0.25, 0.3) is 0 Å². The van der Waals surface area contributed by atoms with Gasteiger partial charge < -0.3 is 0 Å². The lowest BCUT2D eigenvalue weighted by Gasteiger charge is -2.34. The fraction of sp³-hybridized carbons (Fsp3) is 1.00. The third-order valence-corrected chi connectivity index (χ3v) is 3.31. The van der Waals surface area contributed by atoms with Gasteiger partial charge in [0.2, 0.25) is 0 Å². The second kappa shape index (κ2) is 2.94. The van der Waals surface area contributed by atoms with E-state index in [2.05, 4.69) is 0 Å². The third kappa shape index (κ3) is 1.36. The van der Waals surface area contributed by atoms with E-state index < -0.39 is 0 Å². The first-order valence-electron chi connectivity index (χ1n) is 4.95. The molecular weight excluding hydrogens is 120 g/mol. The van der Waals surface area contributed by atoms with Gasteiger partial charge in [-0.25, -0.2) is 0 Å². The average molecular weight is 138 g/mol. The Bertz CT molecular complexity index is 83.1. The number of fused-ring (bicyclic) bond motifs is 5. The topological polar surface area (TPSA) is 0 Å². The quantitative estimate of drug-likeness (QED) is 0.481. The zero-order valence-corrected chi connectivity index (χ0v) is 6.81. The number of hydrogen-bond acceptors (Lipinski definition) is 0. The third-order valence-electron chi connectivity index (χ3n) is 3.31. The Balaban J connectivity index is 1.81. The molecule has 58 valence electrons. The number of hydrogen-bond donors (Lipinski definition) is 0. The van der Waals surface area contributed by atoms with Crippen molar-refractivity contribution in [2.75, 3.05) is 0 Å². The van der Waals surface area contributed by atoms with Gasteiger partial charge in [0.15, 0.2) is 0 Å². The highest BCUT2D eigenvalue weighted by Crippen LogP contribution is 2.41. The van der Waals surface area contributed by atoms with E-state index in [1.165, 1.54) is 25.7 Å². The van der Waals surface area contributed by atoms with Crippen LogP contribution in [-0.4, -0.2) is 0 Å². The van der Waals surface area contributed by atoms with Crippen molar-refractivity contribution < 1.29 is 0 Å².